The van der Waals surface area contributed by atoms with Crippen molar-refractivity contribution >= 4 is 28.1 Å². The summed E-state index contributed by atoms with van der Waals surface area (Å²) in [4.78, 5) is 4.03. The molecule has 0 bridgehead atoms. The van der Waals surface area contributed by atoms with Crippen LogP contribution < -0.4 is 5.73 Å². The fourth-order valence-electron chi connectivity index (χ4n) is 1.50. The predicted octanol–water partition coefficient (Wildman–Crippen LogP) is 2.69. The highest BCUT2D eigenvalue weighted by molar-refractivity contribution is 9.08. The number of hydrogen-bond acceptors (Lipinski definition) is 3. The molecule has 0 amide bonds. The van der Waals surface area contributed by atoms with Crippen molar-refractivity contribution < 1.29 is 4.39 Å². The van der Waals surface area contributed by atoms with Gasteiger partial charge < -0.3 is 5.73 Å². The Morgan fingerprint density at radius 2 is 2.33 bits per heavy atom. The van der Waals surface area contributed by atoms with Gasteiger partial charge in [-0.15, -0.1) is 0 Å². The first-order valence-corrected chi connectivity index (χ1v) is 6.42. The number of nitrogens with two attached hydrogens (primary N) is 1. The highest BCUT2D eigenvalue weighted by Crippen LogP contribution is 2.13. The molecule has 4 nitrogen and oxygen atoms in total. The zero-order valence-corrected chi connectivity index (χ0v) is 11.4. The third-order valence-corrected chi connectivity index (χ3v) is 2.98. The summed E-state index contributed by atoms with van der Waals surface area (Å²) in [5.74, 6) is 0.0913. The minimum atomic E-state index is -0.234. The van der Waals surface area contributed by atoms with Crippen molar-refractivity contribution in [1.82, 2.24) is 9.66 Å². The molecule has 1 heterocycles. The Bertz CT molecular complexity index is 592. The quantitative estimate of drug-likeness (QED) is 0.700. The van der Waals surface area contributed by atoms with Gasteiger partial charge in [0.25, 0.3) is 0 Å². The van der Waals surface area contributed by atoms with E-state index in [9.17, 15) is 4.39 Å². The number of hydrogen-bond donors (Lipinski definition) is 1. The molecule has 0 fully saturated rings. The number of anilines is 1. The third-order valence-electron chi connectivity index (χ3n) is 2.38. The van der Waals surface area contributed by atoms with E-state index in [0.29, 0.717) is 16.8 Å². The highest BCUT2D eigenvalue weighted by atomic mass is 79.9. The standard InChI is InChI=1S/C12H12BrFN4/c1-8-7-18(12(15)17-8)16-6-9-2-3-11(14)10(4-9)5-13/h2-4,6-7H,5H2,1H3,(H2,15,17). The lowest BCUT2D eigenvalue weighted by atomic mass is 10.1. The second kappa shape index (κ2) is 5.30. The molecule has 1 aromatic heterocycles. The first-order valence-electron chi connectivity index (χ1n) is 5.30. The van der Waals surface area contributed by atoms with E-state index in [4.69, 9.17) is 5.73 Å². The van der Waals surface area contributed by atoms with E-state index in [-0.39, 0.29) is 5.82 Å². The molecule has 0 spiro atoms. The van der Waals surface area contributed by atoms with Crippen molar-refractivity contribution in [3.63, 3.8) is 0 Å². The van der Waals surface area contributed by atoms with E-state index < -0.39 is 0 Å². The smallest absolute Gasteiger partial charge is 0.221 e. The lowest BCUT2D eigenvalue weighted by Crippen LogP contribution is -1.97. The Hall–Kier alpha value is -1.69. The van der Waals surface area contributed by atoms with Crippen molar-refractivity contribution in [2.45, 2.75) is 12.3 Å². The van der Waals surface area contributed by atoms with E-state index >= 15 is 0 Å². The topological polar surface area (TPSA) is 56.2 Å². The van der Waals surface area contributed by atoms with Crippen LogP contribution in [0.2, 0.25) is 0 Å². The molecule has 2 aromatic rings. The Balaban J connectivity index is 2.26. The van der Waals surface area contributed by atoms with Gasteiger partial charge >= 0.3 is 0 Å². The molecule has 2 N–H and O–H groups in total. The number of nitrogens with zero attached hydrogens (tertiary/aromatic N) is 3. The normalized spacial score (nSPS) is 11.3. The molecule has 94 valence electrons. The van der Waals surface area contributed by atoms with Crippen molar-refractivity contribution in [1.29, 1.82) is 0 Å². The Morgan fingerprint density at radius 1 is 1.56 bits per heavy atom. The van der Waals surface area contributed by atoms with Crippen LogP contribution in [-0.2, 0) is 5.33 Å². The van der Waals surface area contributed by atoms with Crippen molar-refractivity contribution in [3.8, 4) is 0 Å². The Kier molecular flexibility index (Phi) is 3.76. The number of aryl methyl sites for hydroxylation is 1. The SMILES string of the molecule is Cc1cn(N=Cc2ccc(F)c(CBr)c2)c(N)n1. The predicted molar refractivity (Wildman–Crippen MR) is 73.4 cm³/mol. The van der Waals surface area contributed by atoms with Crippen LogP contribution in [0.5, 0.6) is 0 Å². The van der Waals surface area contributed by atoms with Gasteiger partial charge in [-0.25, -0.2) is 14.1 Å². The summed E-state index contributed by atoms with van der Waals surface area (Å²) in [6.45, 7) is 1.84. The van der Waals surface area contributed by atoms with E-state index in [0.717, 1.165) is 11.3 Å². The van der Waals surface area contributed by atoms with Crippen LogP contribution in [0.15, 0.2) is 29.5 Å². The summed E-state index contributed by atoms with van der Waals surface area (Å²) in [6, 6.07) is 4.80. The van der Waals surface area contributed by atoms with Crippen LogP contribution in [0.3, 0.4) is 0 Å². The summed E-state index contributed by atoms with van der Waals surface area (Å²) in [5.41, 5.74) is 7.85. The fourth-order valence-corrected chi connectivity index (χ4v) is 1.93. The average Bonchev–Trinajstić information content (AvgIpc) is 2.67. The van der Waals surface area contributed by atoms with E-state index in [1.54, 1.807) is 24.5 Å². The number of alkyl halides is 1. The second-order valence-corrected chi connectivity index (χ2v) is 4.37. The van der Waals surface area contributed by atoms with Gasteiger partial charge in [0.2, 0.25) is 5.95 Å². The molecular formula is C12H12BrFN4. The molecule has 0 aliphatic carbocycles. The maximum atomic E-state index is 13.3. The Labute approximate surface area is 112 Å². The summed E-state index contributed by atoms with van der Waals surface area (Å²) >= 11 is 3.23. The maximum absolute atomic E-state index is 13.3. The molecule has 0 aliphatic rings. The van der Waals surface area contributed by atoms with Gasteiger partial charge in [0.1, 0.15) is 5.82 Å². The molecule has 0 atom stereocenters. The van der Waals surface area contributed by atoms with E-state index in [1.807, 2.05) is 6.92 Å². The van der Waals surface area contributed by atoms with Gasteiger partial charge in [0.05, 0.1) is 18.1 Å². The van der Waals surface area contributed by atoms with Gasteiger partial charge in [0, 0.05) is 5.33 Å². The van der Waals surface area contributed by atoms with Gasteiger partial charge in [-0.05, 0) is 30.2 Å². The second-order valence-electron chi connectivity index (χ2n) is 3.81. The van der Waals surface area contributed by atoms with Gasteiger partial charge in [-0.3, -0.25) is 0 Å². The van der Waals surface area contributed by atoms with Gasteiger partial charge in [-0.1, -0.05) is 22.0 Å². The zero-order chi connectivity index (χ0) is 13.1. The maximum Gasteiger partial charge on any atom is 0.221 e. The van der Waals surface area contributed by atoms with Crippen LogP contribution in [0.4, 0.5) is 10.3 Å². The summed E-state index contributed by atoms with van der Waals surface area (Å²) in [5, 5.41) is 4.63. The molecule has 0 unspecified atom stereocenters. The molecule has 0 saturated heterocycles. The average molecular weight is 311 g/mol. The Morgan fingerprint density at radius 3 is 2.94 bits per heavy atom. The van der Waals surface area contributed by atoms with Crippen molar-refractivity contribution in [2.24, 2.45) is 5.10 Å². The van der Waals surface area contributed by atoms with E-state index in [1.165, 1.54) is 10.7 Å². The van der Waals surface area contributed by atoms with Crippen LogP contribution in [0, 0.1) is 12.7 Å². The van der Waals surface area contributed by atoms with Crippen LogP contribution in [-0.4, -0.2) is 15.9 Å². The minimum Gasteiger partial charge on any atom is -0.368 e. The van der Waals surface area contributed by atoms with Gasteiger partial charge in [0.15, 0.2) is 0 Å². The zero-order valence-electron chi connectivity index (χ0n) is 9.77. The molecule has 0 aliphatic heterocycles. The first-order chi connectivity index (χ1) is 8.60. The highest BCUT2D eigenvalue weighted by Gasteiger charge is 2.02. The monoisotopic (exact) mass is 310 g/mol. The van der Waals surface area contributed by atoms with Crippen LogP contribution in [0.25, 0.3) is 0 Å². The molecule has 2 rings (SSSR count). The van der Waals surface area contributed by atoms with Crippen LogP contribution >= 0.6 is 15.9 Å². The number of rotatable bonds is 3. The molecule has 18 heavy (non-hydrogen) atoms. The fraction of sp³-hybridized carbons (Fsp3) is 0.167. The lowest BCUT2D eigenvalue weighted by Gasteiger charge is -2.00. The van der Waals surface area contributed by atoms with Gasteiger partial charge in [-0.2, -0.15) is 5.10 Å². The summed E-state index contributed by atoms with van der Waals surface area (Å²) < 4.78 is 14.8. The summed E-state index contributed by atoms with van der Waals surface area (Å²) in [7, 11) is 0. The van der Waals surface area contributed by atoms with Crippen molar-refractivity contribution in [2.75, 3.05) is 5.73 Å². The molecular weight excluding hydrogens is 299 g/mol. The van der Waals surface area contributed by atoms with E-state index in [2.05, 4.69) is 26.0 Å². The molecule has 6 heteroatoms. The summed E-state index contributed by atoms with van der Waals surface area (Å²) in [6.07, 6.45) is 3.34. The molecule has 1 aromatic carbocycles. The van der Waals surface area contributed by atoms with Crippen molar-refractivity contribution in [3.05, 3.63) is 47.0 Å². The minimum absolute atomic E-state index is 0.234. The number of aromatic nitrogens is 2. The molecule has 0 saturated carbocycles. The number of benzene rings is 1. The number of nitrogen functional groups attached to an aromatic ring is 1. The molecule has 0 radical (unpaired) electrons. The number of imidazole rings is 1. The van der Waals surface area contributed by atoms with Crippen LogP contribution in [0.1, 0.15) is 16.8 Å². The number of halogens is 2. The third kappa shape index (κ3) is 2.76. The lowest BCUT2D eigenvalue weighted by molar-refractivity contribution is 0.617. The first kappa shape index (κ1) is 12.8. The largest absolute Gasteiger partial charge is 0.368 e.